The molecule has 0 fully saturated rings. The summed E-state index contributed by atoms with van der Waals surface area (Å²) in [4.78, 5) is 4.29. The molecule has 94 valence electrons. The van der Waals surface area contributed by atoms with Crippen molar-refractivity contribution in [3.8, 4) is 11.3 Å². The number of benzene rings is 1. The van der Waals surface area contributed by atoms with Gasteiger partial charge in [0.25, 0.3) is 0 Å². The van der Waals surface area contributed by atoms with E-state index in [1.165, 1.54) is 5.56 Å². The van der Waals surface area contributed by atoms with Gasteiger partial charge in [-0.25, -0.2) is 4.98 Å². The van der Waals surface area contributed by atoms with Crippen molar-refractivity contribution in [2.75, 3.05) is 5.73 Å². The van der Waals surface area contributed by atoms with Crippen molar-refractivity contribution in [2.45, 2.75) is 6.54 Å². The molecule has 4 nitrogen and oxygen atoms in total. The van der Waals surface area contributed by atoms with E-state index >= 15 is 0 Å². The Kier molecular flexibility index (Phi) is 2.98. The van der Waals surface area contributed by atoms with Gasteiger partial charge in [-0.1, -0.05) is 36.4 Å². The van der Waals surface area contributed by atoms with Crippen LogP contribution in [0.3, 0.4) is 0 Å². The lowest BCUT2D eigenvalue weighted by molar-refractivity contribution is 0.687. The normalized spacial score (nSPS) is 10.5. The monoisotopic (exact) mass is 250 g/mol. The molecule has 0 unspecified atom stereocenters. The first-order chi connectivity index (χ1) is 9.31. The molecule has 0 aliphatic rings. The number of hydrogen-bond donors (Lipinski definition) is 1. The van der Waals surface area contributed by atoms with E-state index in [0.29, 0.717) is 5.82 Å². The molecule has 2 N–H and O–H groups in total. The highest BCUT2D eigenvalue weighted by atomic mass is 15.3. The fourth-order valence-corrected chi connectivity index (χ4v) is 1.97. The van der Waals surface area contributed by atoms with Gasteiger partial charge in [0.05, 0.1) is 18.4 Å². The smallest absolute Gasteiger partial charge is 0.124 e. The summed E-state index contributed by atoms with van der Waals surface area (Å²) in [6, 6.07) is 15.8. The molecule has 0 aliphatic heterocycles. The second kappa shape index (κ2) is 4.94. The van der Waals surface area contributed by atoms with Crippen LogP contribution < -0.4 is 5.73 Å². The second-order valence-electron chi connectivity index (χ2n) is 4.36. The van der Waals surface area contributed by atoms with Crippen LogP contribution in [0.2, 0.25) is 0 Å². The van der Waals surface area contributed by atoms with E-state index in [2.05, 4.69) is 22.2 Å². The van der Waals surface area contributed by atoms with Crippen LogP contribution in [-0.4, -0.2) is 14.8 Å². The van der Waals surface area contributed by atoms with Crippen LogP contribution in [0.5, 0.6) is 0 Å². The zero-order chi connectivity index (χ0) is 13.1. The summed E-state index contributed by atoms with van der Waals surface area (Å²) in [5.74, 6) is 0.522. The van der Waals surface area contributed by atoms with E-state index in [1.54, 1.807) is 6.07 Å². The van der Waals surface area contributed by atoms with E-state index in [0.717, 1.165) is 17.8 Å². The average molecular weight is 250 g/mol. The summed E-state index contributed by atoms with van der Waals surface area (Å²) in [6.45, 7) is 0.753. The van der Waals surface area contributed by atoms with Gasteiger partial charge in [0.2, 0.25) is 0 Å². The summed E-state index contributed by atoms with van der Waals surface area (Å²) in [5.41, 5.74) is 8.73. The molecule has 1 aromatic carbocycles. The molecule has 2 heterocycles. The molecule has 0 bridgehead atoms. The predicted octanol–water partition coefficient (Wildman–Crippen LogP) is 2.58. The zero-order valence-corrected chi connectivity index (χ0v) is 10.4. The van der Waals surface area contributed by atoms with Gasteiger partial charge in [0.1, 0.15) is 5.82 Å². The molecule has 3 rings (SSSR count). The van der Waals surface area contributed by atoms with Crippen molar-refractivity contribution >= 4 is 5.82 Å². The SMILES string of the molecule is Nc1cccc(-c2cnn(Cc3ccccc3)c2)n1. The third-order valence-electron chi connectivity index (χ3n) is 2.89. The summed E-state index contributed by atoms with van der Waals surface area (Å²) < 4.78 is 1.90. The van der Waals surface area contributed by atoms with Gasteiger partial charge in [-0.2, -0.15) is 5.10 Å². The van der Waals surface area contributed by atoms with Gasteiger partial charge < -0.3 is 5.73 Å². The van der Waals surface area contributed by atoms with Crippen LogP contribution >= 0.6 is 0 Å². The van der Waals surface area contributed by atoms with Crippen LogP contribution in [0.15, 0.2) is 60.9 Å². The lowest BCUT2D eigenvalue weighted by Crippen LogP contribution is -1.99. The van der Waals surface area contributed by atoms with Crippen molar-refractivity contribution in [1.82, 2.24) is 14.8 Å². The highest BCUT2D eigenvalue weighted by molar-refractivity contribution is 5.58. The summed E-state index contributed by atoms with van der Waals surface area (Å²) in [7, 11) is 0. The fourth-order valence-electron chi connectivity index (χ4n) is 1.97. The van der Waals surface area contributed by atoms with Crippen molar-refractivity contribution in [3.63, 3.8) is 0 Å². The number of rotatable bonds is 3. The van der Waals surface area contributed by atoms with Crippen LogP contribution in [0.4, 0.5) is 5.82 Å². The zero-order valence-electron chi connectivity index (χ0n) is 10.4. The van der Waals surface area contributed by atoms with Gasteiger partial charge in [-0.3, -0.25) is 4.68 Å². The van der Waals surface area contributed by atoms with E-state index in [9.17, 15) is 0 Å². The maximum Gasteiger partial charge on any atom is 0.124 e. The molecule has 0 atom stereocenters. The van der Waals surface area contributed by atoms with E-state index in [1.807, 2.05) is 47.4 Å². The molecule has 2 aromatic heterocycles. The first-order valence-electron chi connectivity index (χ1n) is 6.10. The molecule has 0 saturated heterocycles. The molecule has 0 spiro atoms. The second-order valence-corrected chi connectivity index (χ2v) is 4.36. The maximum absolute atomic E-state index is 5.69. The third kappa shape index (κ3) is 2.63. The van der Waals surface area contributed by atoms with Crippen LogP contribution in [0.1, 0.15) is 5.56 Å². The van der Waals surface area contributed by atoms with E-state index in [4.69, 9.17) is 5.73 Å². The number of aromatic nitrogens is 3. The van der Waals surface area contributed by atoms with Crippen molar-refractivity contribution in [1.29, 1.82) is 0 Å². The number of pyridine rings is 1. The minimum Gasteiger partial charge on any atom is -0.384 e. The molecule has 0 saturated carbocycles. The van der Waals surface area contributed by atoms with Gasteiger partial charge in [-0.05, 0) is 17.7 Å². The molecule has 0 amide bonds. The fraction of sp³-hybridized carbons (Fsp3) is 0.0667. The Morgan fingerprint density at radius 2 is 1.84 bits per heavy atom. The summed E-state index contributed by atoms with van der Waals surface area (Å²) >= 11 is 0. The van der Waals surface area contributed by atoms with E-state index < -0.39 is 0 Å². The minimum atomic E-state index is 0.522. The molecular weight excluding hydrogens is 236 g/mol. The molecule has 4 heteroatoms. The lowest BCUT2D eigenvalue weighted by Gasteiger charge is -2.01. The van der Waals surface area contributed by atoms with Gasteiger partial charge in [0.15, 0.2) is 0 Å². The van der Waals surface area contributed by atoms with Gasteiger partial charge >= 0.3 is 0 Å². The standard InChI is InChI=1S/C15H14N4/c16-15-8-4-7-14(18-15)13-9-17-19(11-13)10-12-5-2-1-3-6-12/h1-9,11H,10H2,(H2,16,18). The highest BCUT2D eigenvalue weighted by Crippen LogP contribution is 2.17. The quantitative estimate of drug-likeness (QED) is 0.777. The third-order valence-corrected chi connectivity index (χ3v) is 2.89. The average Bonchev–Trinajstić information content (AvgIpc) is 2.88. The van der Waals surface area contributed by atoms with Crippen LogP contribution in [0.25, 0.3) is 11.3 Å². The number of anilines is 1. The first kappa shape index (κ1) is 11.5. The largest absolute Gasteiger partial charge is 0.384 e. The number of nitrogen functional groups attached to an aromatic ring is 1. The summed E-state index contributed by atoms with van der Waals surface area (Å²) in [5, 5.41) is 4.35. The molecule has 19 heavy (non-hydrogen) atoms. The Morgan fingerprint density at radius 1 is 1.00 bits per heavy atom. The van der Waals surface area contributed by atoms with E-state index in [-0.39, 0.29) is 0 Å². The molecule has 0 aliphatic carbocycles. The Bertz CT molecular complexity index is 673. The number of nitrogens with two attached hydrogens (primary N) is 1. The van der Waals surface area contributed by atoms with Crippen LogP contribution in [0, 0.1) is 0 Å². The maximum atomic E-state index is 5.69. The Labute approximate surface area is 111 Å². The Hall–Kier alpha value is -2.62. The Morgan fingerprint density at radius 3 is 2.63 bits per heavy atom. The Balaban J connectivity index is 1.84. The molecule has 0 radical (unpaired) electrons. The molecular formula is C15H14N4. The minimum absolute atomic E-state index is 0.522. The van der Waals surface area contributed by atoms with Crippen LogP contribution in [-0.2, 0) is 6.54 Å². The summed E-state index contributed by atoms with van der Waals surface area (Å²) in [6.07, 6.45) is 3.79. The molecule has 3 aromatic rings. The topological polar surface area (TPSA) is 56.7 Å². The lowest BCUT2D eigenvalue weighted by atomic mass is 10.2. The number of nitrogens with zero attached hydrogens (tertiary/aromatic N) is 3. The number of hydrogen-bond acceptors (Lipinski definition) is 3. The first-order valence-corrected chi connectivity index (χ1v) is 6.10. The van der Waals surface area contributed by atoms with Gasteiger partial charge in [-0.15, -0.1) is 0 Å². The highest BCUT2D eigenvalue weighted by Gasteiger charge is 2.03. The van der Waals surface area contributed by atoms with Crippen molar-refractivity contribution < 1.29 is 0 Å². The van der Waals surface area contributed by atoms with Gasteiger partial charge in [0, 0.05) is 11.8 Å². The van der Waals surface area contributed by atoms with Crippen molar-refractivity contribution in [3.05, 3.63) is 66.5 Å². The van der Waals surface area contributed by atoms with Crippen molar-refractivity contribution in [2.24, 2.45) is 0 Å². The predicted molar refractivity (Wildman–Crippen MR) is 75.4 cm³/mol.